The van der Waals surface area contributed by atoms with Gasteiger partial charge in [0.05, 0.1) is 29.9 Å². The number of rotatable bonds is 3. The number of imidazole rings is 1. The second-order valence-electron chi connectivity index (χ2n) is 4.10. The average molecular weight is 290 g/mol. The van der Waals surface area contributed by atoms with E-state index in [-0.39, 0.29) is 5.69 Å². The molecule has 0 saturated carbocycles. The SMILES string of the molecule is COc1cc([N+](=O)[O-])ccc1-c1nn2c(C)ncc2s1. The summed E-state index contributed by atoms with van der Waals surface area (Å²) >= 11 is 1.45. The van der Waals surface area contributed by atoms with Gasteiger partial charge < -0.3 is 4.74 Å². The molecule has 0 aliphatic rings. The molecule has 20 heavy (non-hydrogen) atoms. The van der Waals surface area contributed by atoms with Crippen molar-refractivity contribution in [3.8, 4) is 16.3 Å². The third-order valence-electron chi connectivity index (χ3n) is 2.90. The molecule has 2 aromatic heterocycles. The molecule has 0 spiro atoms. The van der Waals surface area contributed by atoms with Crippen molar-refractivity contribution in [2.45, 2.75) is 6.92 Å². The Morgan fingerprint density at radius 2 is 2.25 bits per heavy atom. The Labute approximate surface area is 117 Å². The molecule has 0 amide bonds. The molecular weight excluding hydrogens is 280 g/mol. The Morgan fingerprint density at radius 1 is 1.45 bits per heavy atom. The van der Waals surface area contributed by atoms with Crippen molar-refractivity contribution >= 4 is 21.9 Å². The number of non-ortho nitro benzene ring substituents is 1. The third kappa shape index (κ3) is 1.90. The summed E-state index contributed by atoms with van der Waals surface area (Å²) in [7, 11) is 1.48. The van der Waals surface area contributed by atoms with Crippen molar-refractivity contribution in [1.29, 1.82) is 0 Å². The molecule has 8 heteroatoms. The zero-order valence-electron chi connectivity index (χ0n) is 10.7. The van der Waals surface area contributed by atoms with Gasteiger partial charge in [0, 0.05) is 6.07 Å². The first-order chi connectivity index (χ1) is 9.60. The molecule has 0 radical (unpaired) electrons. The topological polar surface area (TPSA) is 82.6 Å². The van der Waals surface area contributed by atoms with Crippen LogP contribution in [0.1, 0.15) is 5.82 Å². The molecule has 0 saturated heterocycles. The van der Waals surface area contributed by atoms with Crippen LogP contribution >= 0.6 is 11.3 Å². The minimum Gasteiger partial charge on any atom is -0.496 e. The van der Waals surface area contributed by atoms with Gasteiger partial charge in [0.2, 0.25) is 0 Å². The van der Waals surface area contributed by atoms with E-state index in [9.17, 15) is 10.1 Å². The minimum absolute atomic E-state index is 0.00773. The Balaban J connectivity index is 2.15. The van der Waals surface area contributed by atoms with Gasteiger partial charge >= 0.3 is 0 Å². The zero-order chi connectivity index (χ0) is 14.3. The van der Waals surface area contributed by atoms with Crippen LogP contribution in [-0.2, 0) is 0 Å². The standard InChI is InChI=1S/C12H10N4O3S/c1-7-13-6-11-15(7)14-12(20-11)9-4-3-8(16(17)18)5-10(9)19-2/h3-6H,1-2H3. The van der Waals surface area contributed by atoms with Crippen LogP contribution in [0, 0.1) is 17.0 Å². The van der Waals surface area contributed by atoms with Gasteiger partial charge in [0.25, 0.3) is 5.69 Å². The molecule has 102 valence electrons. The maximum atomic E-state index is 10.8. The van der Waals surface area contributed by atoms with Gasteiger partial charge in [-0.05, 0) is 13.0 Å². The highest BCUT2D eigenvalue weighted by molar-refractivity contribution is 7.20. The van der Waals surface area contributed by atoms with Crippen molar-refractivity contribution in [3.63, 3.8) is 0 Å². The fourth-order valence-corrected chi connectivity index (χ4v) is 2.86. The van der Waals surface area contributed by atoms with Crippen LogP contribution in [0.2, 0.25) is 0 Å². The minimum atomic E-state index is -0.451. The van der Waals surface area contributed by atoms with E-state index in [1.54, 1.807) is 16.8 Å². The van der Waals surface area contributed by atoms with Crippen LogP contribution in [-0.4, -0.2) is 26.6 Å². The fraction of sp³-hybridized carbons (Fsp3) is 0.167. The van der Waals surface area contributed by atoms with Gasteiger partial charge in [-0.3, -0.25) is 10.1 Å². The van der Waals surface area contributed by atoms with Gasteiger partial charge in [-0.15, -0.1) is 0 Å². The first-order valence-corrected chi connectivity index (χ1v) is 6.56. The number of nitro groups is 1. The molecule has 0 N–H and O–H groups in total. The summed E-state index contributed by atoms with van der Waals surface area (Å²) in [5, 5.41) is 16.0. The monoisotopic (exact) mass is 290 g/mol. The number of hydrogen-bond acceptors (Lipinski definition) is 6. The van der Waals surface area contributed by atoms with Crippen LogP contribution < -0.4 is 4.74 Å². The molecule has 3 aromatic rings. The predicted molar refractivity (Wildman–Crippen MR) is 74.2 cm³/mol. The highest BCUT2D eigenvalue weighted by atomic mass is 32.1. The lowest BCUT2D eigenvalue weighted by Gasteiger charge is -2.04. The molecule has 0 unspecified atom stereocenters. The summed E-state index contributed by atoms with van der Waals surface area (Å²) in [6, 6.07) is 4.49. The molecule has 7 nitrogen and oxygen atoms in total. The molecule has 3 rings (SSSR count). The lowest BCUT2D eigenvalue weighted by Crippen LogP contribution is -1.93. The molecule has 0 atom stereocenters. The number of aryl methyl sites for hydroxylation is 1. The predicted octanol–water partition coefficient (Wildman–Crippen LogP) is 2.68. The van der Waals surface area contributed by atoms with Crippen molar-refractivity contribution in [2.24, 2.45) is 0 Å². The smallest absolute Gasteiger partial charge is 0.273 e. The van der Waals surface area contributed by atoms with E-state index in [2.05, 4.69) is 10.1 Å². The number of nitrogens with zero attached hydrogens (tertiary/aromatic N) is 4. The maximum Gasteiger partial charge on any atom is 0.273 e. The van der Waals surface area contributed by atoms with E-state index in [1.807, 2.05) is 6.92 Å². The van der Waals surface area contributed by atoms with Crippen LogP contribution in [0.3, 0.4) is 0 Å². The van der Waals surface area contributed by atoms with Gasteiger partial charge in [0.1, 0.15) is 21.4 Å². The largest absolute Gasteiger partial charge is 0.496 e. The number of aromatic nitrogens is 3. The van der Waals surface area contributed by atoms with Crippen LogP contribution in [0.5, 0.6) is 5.75 Å². The summed E-state index contributed by atoms with van der Waals surface area (Å²) in [6.07, 6.45) is 1.74. The van der Waals surface area contributed by atoms with E-state index < -0.39 is 4.92 Å². The van der Waals surface area contributed by atoms with E-state index >= 15 is 0 Å². The van der Waals surface area contributed by atoms with E-state index in [1.165, 1.54) is 30.6 Å². The first kappa shape index (κ1) is 12.5. The number of hydrogen-bond donors (Lipinski definition) is 0. The van der Waals surface area contributed by atoms with Crippen LogP contribution in [0.25, 0.3) is 15.4 Å². The zero-order valence-corrected chi connectivity index (χ0v) is 11.5. The van der Waals surface area contributed by atoms with Crippen molar-refractivity contribution in [3.05, 3.63) is 40.3 Å². The Morgan fingerprint density at radius 3 is 2.90 bits per heavy atom. The normalized spacial score (nSPS) is 10.9. The Bertz CT molecular complexity index is 808. The summed E-state index contributed by atoms with van der Waals surface area (Å²) in [4.78, 5) is 15.4. The third-order valence-corrected chi connectivity index (χ3v) is 3.88. The van der Waals surface area contributed by atoms with Gasteiger partial charge in [-0.1, -0.05) is 11.3 Å². The number of fused-ring (bicyclic) bond motifs is 1. The van der Waals surface area contributed by atoms with Crippen molar-refractivity contribution in [2.75, 3.05) is 7.11 Å². The number of ether oxygens (including phenoxy) is 1. The molecule has 1 aromatic carbocycles. The Hall–Kier alpha value is -2.48. The van der Waals surface area contributed by atoms with Crippen LogP contribution in [0.4, 0.5) is 5.69 Å². The van der Waals surface area contributed by atoms with Gasteiger partial charge in [-0.25, -0.2) is 9.50 Å². The molecule has 0 aliphatic heterocycles. The Kier molecular flexibility index (Phi) is 2.87. The lowest BCUT2D eigenvalue weighted by atomic mass is 10.2. The summed E-state index contributed by atoms with van der Waals surface area (Å²) in [5.41, 5.74) is 0.720. The number of methoxy groups -OCH3 is 1. The molecule has 0 fully saturated rings. The number of nitro benzene ring substituents is 1. The van der Waals surface area contributed by atoms with Gasteiger partial charge in [-0.2, -0.15) is 5.10 Å². The molecule has 0 aliphatic carbocycles. The number of benzene rings is 1. The highest BCUT2D eigenvalue weighted by Gasteiger charge is 2.16. The summed E-state index contributed by atoms with van der Waals surface area (Å²) < 4.78 is 6.97. The van der Waals surface area contributed by atoms with Crippen LogP contribution in [0.15, 0.2) is 24.4 Å². The highest BCUT2D eigenvalue weighted by Crippen LogP contribution is 2.35. The fourth-order valence-electron chi connectivity index (χ4n) is 1.90. The van der Waals surface area contributed by atoms with E-state index in [0.717, 1.165) is 21.2 Å². The molecule has 2 heterocycles. The quantitative estimate of drug-likeness (QED) is 0.547. The maximum absolute atomic E-state index is 10.8. The van der Waals surface area contributed by atoms with Gasteiger partial charge in [0.15, 0.2) is 0 Å². The average Bonchev–Trinajstić information content (AvgIpc) is 3.00. The second-order valence-corrected chi connectivity index (χ2v) is 5.11. The molecular formula is C12H10N4O3S. The second kappa shape index (κ2) is 4.57. The first-order valence-electron chi connectivity index (χ1n) is 5.74. The molecule has 0 bridgehead atoms. The van der Waals surface area contributed by atoms with Crippen molar-refractivity contribution in [1.82, 2.24) is 14.6 Å². The van der Waals surface area contributed by atoms with E-state index in [0.29, 0.717) is 5.75 Å². The van der Waals surface area contributed by atoms with E-state index in [4.69, 9.17) is 4.74 Å². The van der Waals surface area contributed by atoms with Crippen molar-refractivity contribution < 1.29 is 9.66 Å². The summed E-state index contributed by atoms with van der Waals surface area (Å²) in [6.45, 7) is 1.86. The lowest BCUT2D eigenvalue weighted by molar-refractivity contribution is -0.384. The summed E-state index contributed by atoms with van der Waals surface area (Å²) in [5.74, 6) is 1.23.